The van der Waals surface area contributed by atoms with E-state index in [-0.39, 0.29) is 0 Å². The standard InChI is InChI=1S/C13H10BrN3O2/c14-9-3-8(5-16-6-9)7-17-11-4-10(15)1-2-12(11)19-13(17)18/h1-6H,7,15H2. The van der Waals surface area contributed by atoms with E-state index in [1.165, 1.54) is 4.57 Å². The summed E-state index contributed by atoms with van der Waals surface area (Å²) < 4.78 is 7.58. The van der Waals surface area contributed by atoms with E-state index < -0.39 is 5.76 Å². The molecule has 19 heavy (non-hydrogen) atoms. The maximum absolute atomic E-state index is 11.9. The van der Waals surface area contributed by atoms with Gasteiger partial charge in [0.25, 0.3) is 0 Å². The van der Waals surface area contributed by atoms with Crippen LogP contribution < -0.4 is 11.5 Å². The summed E-state index contributed by atoms with van der Waals surface area (Å²) in [5.41, 5.74) is 8.45. The summed E-state index contributed by atoms with van der Waals surface area (Å²) in [6, 6.07) is 7.04. The Bertz CT molecular complexity index is 807. The molecule has 2 N–H and O–H groups in total. The van der Waals surface area contributed by atoms with Crippen LogP contribution in [0.3, 0.4) is 0 Å². The molecule has 2 heterocycles. The van der Waals surface area contributed by atoms with E-state index in [0.717, 1.165) is 10.0 Å². The van der Waals surface area contributed by atoms with E-state index in [1.54, 1.807) is 30.6 Å². The maximum Gasteiger partial charge on any atom is 0.420 e. The van der Waals surface area contributed by atoms with Gasteiger partial charge in [0.1, 0.15) is 0 Å². The third kappa shape index (κ3) is 2.26. The van der Waals surface area contributed by atoms with E-state index in [9.17, 15) is 4.79 Å². The second-order valence-electron chi connectivity index (χ2n) is 4.19. The molecule has 0 amide bonds. The number of nitrogens with zero attached hydrogens (tertiary/aromatic N) is 2. The highest BCUT2D eigenvalue weighted by molar-refractivity contribution is 9.10. The van der Waals surface area contributed by atoms with Gasteiger partial charge in [-0.2, -0.15) is 0 Å². The molecule has 0 aliphatic carbocycles. The number of hydrogen-bond acceptors (Lipinski definition) is 4. The van der Waals surface area contributed by atoms with Crippen LogP contribution in [-0.4, -0.2) is 9.55 Å². The number of aromatic nitrogens is 2. The lowest BCUT2D eigenvalue weighted by molar-refractivity contribution is 0.517. The number of oxazole rings is 1. The highest BCUT2D eigenvalue weighted by Crippen LogP contribution is 2.18. The summed E-state index contributed by atoms with van der Waals surface area (Å²) >= 11 is 3.35. The second-order valence-corrected chi connectivity index (χ2v) is 5.11. The van der Waals surface area contributed by atoms with Crippen LogP contribution in [0.15, 0.2) is 50.3 Å². The molecule has 0 atom stereocenters. The van der Waals surface area contributed by atoms with Gasteiger partial charge in [-0.15, -0.1) is 0 Å². The minimum absolute atomic E-state index is 0.391. The van der Waals surface area contributed by atoms with Crippen molar-refractivity contribution >= 4 is 32.7 Å². The highest BCUT2D eigenvalue weighted by atomic mass is 79.9. The lowest BCUT2D eigenvalue weighted by Crippen LogP contribution is -2.15. The Morgan fingerprint density at radius 3 is 2.95 bits per heavy atom. The average molecular weight is 320 g/mol. The predicted molar refractivity (Wildman–Crippen MR) is 75.9 cm³/mol. The number of halogens is 1. The van der Waals surface area contributed by atoms with Crippen molar-refractivity contribution in [3.63, 3.8) is 0 Å². The van der Waals surface area contributed by atoms with Crippen molar-refractivity contribution in [3.8, 4) is 0 Å². The smallest absolute Gasteiger partial charge is 0.408 e. The van der Waals surface area contributed by atoms with Crippen LogP contribution in [0.5, 0.6) is 0 Å². The summed E-state index contributed by atoms with van der Waals surface area (Å²) in [4.78, 5) is 15.9. The zero-order valence-electron chi connectivity index (χ0n) is 9.84. The molecule has 96 valence electrons. The Morgan fingerprint density at radius 2 is 2.16 bits per heavy atom. The summed E-state index contributed by atoms with van der Waals surface area (Å²) in [6.45, 7) is 0.391. The quantitative estimate of drug-likeness (QED) is 0.736. The van der Waals surface area contributed by atoms with Crippen LogP contribution in [-0.2, 0) is 6.54 Å². The molecular weight excluding hydrogens is 310 g/mol. The van der Waals surface area contributed by atoms with Crippen molar-refractivity contribution < 1.29 is 4.42 Å². The minimum atomic E-state index is -0.402. The van der Waals surface area contributed by atoms with Gasteiger partial charge in [-0.3, -0.25) is 9.55 Å². The topological polar surface area (TPSA) is 74.0 Å². The van der Waals surface area contributed by atoms with Gasteiger partial charge in [0.2, 0.25) is 0 Å². The number of fused-ring (bicyclic) bond motifs is 1. The lowest BCUT2D eigenvalue weighted by atomic mass is 10.2. The first-order valence-electron chi connectivity index (χ1n) is 5.62. The minimum Gasteiger partial charge on any atom is -0.408 e. The Balaban J connectivity index is 2.12. The fraction of sp³-hybridized carbons (Fsp3) is 0.0769. The fourth-order valence-corrected chi connectivity index (χ4v) is 2.37. The Kier molecular flexibility index (Phi) is 2.87. The van der Waals surface area contributed by atoms with Crippen molar-refractivity contribution in [2.45, 2.75) is 6.54 Å². The van der Waals surface area contributed by atoms with Gasteiger partial charge < -0.3 is 10.2 Å². The van der Waals surface area contributed by atoms with E-state index in [4.69, 9.17) is 10.2 Å². The number of pyridine rings is 1. The Morgan fingerprint density at radius 1 is 1.32 bits per heavy atom. The molecule has 0 bridgehead atoms. The number of benzene rings is 1. The maximum atomic E-state index is 11.9. The Labute approximate surface area is 116 Å². The van der Waals surface area contributed by atoms with Crippen molar-refractivity contribution in [1.29, 1.82) is 0 Å². The predicted octanol–water partition coefficient (Wildman–Crippen LogP) is 2.38. The van der Waals surface area contributed by atoms with Crippen LogP contribution in [0.2, 0.25) is 0 Å². The molecule has 0 aliphatic heterocycles. The van der Waals surface area contributed by atoms with Crippen molar-refractivity contribution in [2.24, 2.45) is 0 Å². The molecule has 0 saturated carbocycles. The number of anilines is 1. The van der Waals surface area contributed by atoms with Gasteiger partial charge in [-0.05, 0) is 45.8 Å². The van der Waals surface area contributed by atoms with Crippen molar-refractivity contribution in [1.82, 2.24) is 9.55 Å². The number of nitrogens with two attached hydrogens (primary N) is 1. The summed E-state index contributed by atoms with van der Waals surface area (Å²) in [6.07, 6.45) is 3.40. The third-order valence-corrected chi connectivity index (χ3v) is 3.23. The van der Waals surface area contributed by atoms with Crippen LogP contribution >= 0.6 is 15.9 Å². The first-order valence-corrected chi connectivity index (χ1v) is 6.41. The highest BCUT2D eigenvalue weighted by Gasteiger charge is 2.10. The average Bonchev–Trinajstić information content (AvgIpc) is 2.66. The van der Waals surface area contributed by atoms with E-state index >= 15 is 0 Å². The zero-order chi connectivity index (χ0) is 13.4. The molecule has 0 fully saturated rings. The van der Waals surface area contributed by atoms with Crippen LogP contribution in [0, 0.1) is 0 Å². The van der Waals surface area contributed by atoms with Gasteiger partial charge in [-0.25, -0.2) is 4.79 Å². The van der Waals surface area contributed by atoms with Crippen molar-refractivity contribution in [3.05, 3.63) is 57.2 Å². The van der Waals surface area contributed by atoms with Crippen LogP contribution in [0.4, 0.5) is 5.69 Å². The molecule has 0 radical (unpaired) electrons. The first kappa shape index (κ1) is 12.0. The largest absolute Gasteiger partial charge is 0.420 e. The lowest BCUT2D eigenvalue weighted by Gasteiger charge is -2.03. The fourth-order valence-electron chi connectivity index (χ4n) is 1.95. The summed E-state index contributed by atoms with van der Waals surface area (Å²) in [5.74, 6) is -0.402. The molecule has 3 rings (SSSR count). The molecule has 5 nitrogen and oxygen atoms in total. The van der Waals surface area contributed by atoms with Gasteiger partial charge in [0.05, 0.1) is 12.1 Å². The SMILES string of the molecule is Nc1ccc2oc(=O)n(Cc3cncc(Br)c3)c2c1. The van der Waals surface area contributed by atoms with Gasteiger partial charge in [0.15, 0.2) is 5.58 Å². The molecular formula is C13H10BrN3O2. The molecule has 0 aliphatic rings. The van der Waals surface area contributed by atoms with Gasteiger partial charge in [0, 0.05) is 22.6 Å². The second kappa shape index (κ2) is 4.55. The molecule has 6 heteroatoms. The van der Waals surface area contributed by atoms with Crippen LogP contribution in [0.25, 0.3) is 11.1 Å². The van der Waals surface area contributed by atoms with Gasteiger partial charge in [-0.1, -0.05) is 0 Å². The first-order chi connectivity index (χ1) is 9.13. The normalized spacial score (nSPS) is 11.0. The number of nitrogen functional groups attached to an aromatic ring is 1. The number of rotatable bonds is 2. The molecule has 3 aromatic rings. The van der Waals surface area contributed by atoms with E-state index in [1.807, 2.05) is 6.07 Å². The molecule has 0 spiro atoms. The van der Waals surface area contributed by atoms with E-state index in [2.05, 4.69) is 20.9 Å². The zero-order valence-corrected chi connectivity index (χ0v) is 11.4. The van der Waals surface area contributed by atoms with E-state index in [0.29, 0.717) is 23.3 Å². The Hall–Kier alpha value is -2.08. The molecule has 1 aromatic carbocycles. The molecule has 0 saturated heterocycles. The monoisotopic (exact) mass is 319 g/mol. The van der Waals surface area contributed by atoms with Gasteiger partial charge >= 0.3 is 5.76 Å². The number of hydrogen-bond donors (Lipinski definition) is 1. The molecule has 2 aromatic heterocycles. The summed E-state index contributed by atoms with van der Waals surface area (Å²) in [5, 5.41) is 0. The molecule has 0 unspecified atom stereocenters. The van der Waals surface area contributed by atoms with Crippen molar-refractivity contribution in [2.75, 3.05) is 5.73 Å². The third-order valence-electron chi connectivity index (χ3n) is 2.79. The summed E-state index contributed by atoms with van der Waals surface area (Å²) in [7, 11) is 0. The van der Waals surface area contributed by atoms with Crippen LogP contribution in [0.1, 0.15) is 5.56 Å².